The molecule has 7 nitrogen and oxygen atoms in total. The molecule has 8 heteroatoms. The summed E-state index contributed by atoms with van der Waals surface area (Å²) in [4.78, 5) is 12.0. The van der Waals surface area contributed by atoms with E-state index in [9.17, 15) is 13.2 Å². The molecule has 2 aliphatic rings. The summed E-state index contributed by atoms with van der Waals surface area (Å²) in [5, 5.41) is 5.53. The van der Waals surface area contributed by atoms with Crippen LogP contribution in [0.2, 0.25) is 0 Å². The molecule has 1 aromatic rings. The summed E-state index contributed by atoms with van der Waals surface area (Å²) < 4.78 is 33.8. The van der Waals surface area contributed by atoms with Gasteiger partial charge in [-0.25, -0.2) is 13.2 Å². The molecular formula is C15H20N2O5S. The monoisotopic (exact) mass is 340 g/mol. The lowest BCUT2D eigenvalue weighted by atomic mass is 10.1. The van der Waals surface area contributed by atoms with Gasteiger partial charge in [-0.2, -0.15) is 0 Å². The van der Waals surface area contributed by atoms with Crippen molar-refractivity contribution < 1.29 is 22.7 Å². The van der Waals surface area contributed by atoms with Gasteiger partial charge in [0.05, 0.1) is 17.5 Å². The Morgan fingerprint density at radius 2 is 2.00 bits per heavy atom. The number of hydrogen-bond donors (Lipinski definition) is 2. The highest BCUT2D eigenvalue weighted by molar-refractivity contribution is 7.91. The van der Waals surface area contributed by atoms with Crippen LogP contribution >= 0.6 is 0 Å². The number of ether oxygens (including phenoxy) is 2. The largest absolute Gasteiger partial charge is 0.486 e. The molecule has 2 amide bonds. The zero-order chi connectivity index (χ0) is 16.4. The first kappa shape index (κ1) is 15.9. The van der Waals surface area contributed by atoms with Crippen LogP contribution in [-0.2, 0) is 9.84 Å². The molecule has 1 saturated heterocycles. The minimum absolute atomic E-state index is 0.0127. The molecular weight excluding hydrogens is 320 g/mol. The molecule has 0 bridgehead atoms. The van der Waals surface area contributed by atoms with Crippen LogP contribution in [0.25, 0.3) is 0 Å². The van der Waals surface area contributed by atoms with Crippen molar-refractivity contribution in [3.05, 3.63) is 23.8 Å². The molecule has 0 saturated carbocycles. The maximum absolute atomic E-state index is 12.0. The Labute approximate surface area is 135 Å². The number of carbonyl (C=O) groups is 1. The van der Waals surface area contributed by atoms with Crippen LogP contribution in [0.4, 0.5) is 4.79 Å². The number of amides is 2. The van der Waals surface area contributed by atoms with Gasteiger partial charge in [-0.1, -0.05) is 6.07 Å². The Kier molecular flexibility index (Phi) is 4.34. The first-order valence-electron chi connectivity index (χ1n) is 7.60. The standard InChI is InChI=1S/C15H20N2O5S/c1-10(11-2-3-13-14(8-11)22-6-5-21-13)16-15(18)17-12-4-7-23(19,20)9-12/h2-3,8,10,12H,4-7,9H2,1H3,(H2,16,17,18)/t10-,12-/m1/s1. The van der Waals surface area contributed by atoms with Crippen molar-refractivity contribution in [2.75, 3.05) is 24.7 Å². The molecule has 2 N–H and O–H groups in total. The predicted molar refractivity (Wildman–Crippen MR) is 84.6 cm³/mol. The Balaban J connectivity index is 1.58. The van der Waals surface area contributed by atoms with Gasteiger partial charge in [0, 0.05) is 6.04 Å². The number of carbonyl (C=O) groups excluding carboxylic acids is 1. The number of sulfone groups is 1. The molecule has 2 heterocycles. The molecule has 2 aliphatic heterocycles. The number of rotatable bonds is 3. The molecule has 1 fully saturated rings. The quantitative estimate of drug-likeness (QED) is 0.856. The Morgan fingerprint density at radius 3 is 2.70 bits per heavy atom. The number of urea groups is 1. The second kappa shape index (κ2) is 6.27. The molecule has 23 heavy (non-hydrogen) atoms. The van der Waals surface area contributed by atoms with Crippen LogP contribution in [0.15, 0.2) is 18.2 Å². The van der Waals surface area contributed by atoms with Crippen molar-refractivity contribution >= 4 is 15.9 Å². The Hall–Kier alpha value is -1.96. The second-order valence-electron chi connectivity index (χ2n) is 5.84. The topological polar surface area (TPSA) is 93.7 Å². The minimum Gasteiger partial charge on any atom is -0.486 e. The molecule has 2 atom stereocenters. The molecule has 0 unspecified atom stereocenters. The summed E-state index contributed by atoms with van der Waals surface area (Å²) in [7, 11) is -3.00. The van der Waals surface area contributed by atoms with Crippen molar-refractivity contribution in [2.45, 2.75) is 25.4 Å². The first-order chi connectivity index (χ1) is 10.9. The van der Waals surface area contributed by atoms with Gasteiger partial charge in [-0.05, 0) is 31.0 Å². The molecule has 0 aliphatic carbocycles. The summed E-state index contributed by atoms with van der Waals surface area (Å²) in [5.41, 5.74) is 0.892. The van der Waals surface area contributed by atoms with Crippen molar-refractivity contribution in [3.8, 4) is 11.5 Å². The zero-order valence-electron chi connectivity index (χ0n) is 12.9. The smallest absolute Gasteiger partial charge is 0.315 e. The van der Waals surface area contributed by atoms with Gasteiger partial charge in [0.25, 0.3) is 0 Å². The highest BCUT2D eigenvalue weighted by Gasteiger charge is 2.29. The fraction of sp³-hybridized carbons (Fsp3) is 0.533. The summed E-state index contributed by atoms with van der Waals surface area (Å²) in [6.45, 7) is 2.90. The van der Waals surface area contributed by atoms with E-state index in [4.69, 9.17) is 9.47 Å². The highest BCUT2D eigenvalue weighted by atomic mass is 32.2. The molecule has 0 radical (unpaired) electrons. The van der Waals surface area contributed by atoms with E-state index in [1.165, 1.54) is 0 Å². The SMILES string of the molecule is C[C@@H](NC(=O)N[C@@H]1CCS(=O)(=O)C1)c1ccc2c(c1)OCCO2. The van der Waals surface area contributed by atoms with Crippen LogP contribution in [0.3, 0.4) is 0 Å². The van der Waals surface area contributed by atoms with E-state index in [0.29, 0.717) is 31.1 Å². The van der Waals surface area contributed by atoms with Gasteiger partial charge in [0.15, 0.2) is 21.3 Å². The van der Waals surface area contributed by atoms with Crippen molar-refractivity contribution in [1.82, 2.24) is 10.6 Å². The average molecular weight is 340 g/mol. The molecule has 126 valence electrons. The molecule has 3 rings (SSSR count). The third-order valence-corrected chi connectivity index (χ3v) is 5.75. The van der Waals surface area contributed by atoms with E-state index in [2.05, 4.69) is 10.6 Å². The summed E-state index contributed by atoms with van der Waals surface area (Å²) in [6, 6.07) is 4.63. The average Bonchev–Trinajstić information content (AvgIpc) is 2.85. The fourth-order valence-electron chi connectivity index (χ4n) is 2.75. The van der Waals surface area contributed by atoms with Crippen LogP contribution in [0.5, 0.6) is 11.5 Å². The summed E-state index contributed by atoms with van der Waals surface area (Å²) in [6.07, 6.45) is 0.466. The maximum atomic E-state index is 12.0. The number of hydrogen-bond acceptors (Lipinski definition) is 5. The van der Waals surface area contributed by atoms with E-state index in [-0.39, 0.29) is 29.6 Å². The third kappa shape index (κ3) is 3.87. The van der Waals surface area contributed by atoms with Gasteiger partial charge in [-0.3, -0.25) is 0 Å². The van der Waals surface area contributed by atoms with Crippen molar-refractivity contribution in [2.24, 2.45) is 0 Å². The summed E-state index contributed by atoms with van der Waals surface area (Å²) >= 11 is 0. The third-order valence-electron chi connectivity index (χ3n) is 3.98. The van der Waals surface area contributed by atoms with Gasteiger partial charge in [0.2, 0.25) is 0 Å². The lowest BCUT2D eigenvalue weighted by Crippen LogP contribution is -2.43. The van der Waals surface area contributed by atoms with Crippen molar-refractivity contribution in [1.29, 1.82) is 0 Å². The van der Waals surface area contributed by atoms with Crippen LogP contribution < -0.4 is 20.1 Å². The van der Waals surface area contributed by atoms with E-state index >= 15 is 0 Å². The first-order valence-corrected chi connectivity index (χ1v) is 9.42. The predicted octanol–water partition coefficient (Wildman–Crippen LogP) is 1.01. The number of benzene rings is 1. The van der Waals surface area contributed by atoms with E-state index in [1.807, 2.05) is 25.1 Å². The van der Waals surface area contributed by atoms with Crippen molar-refractivity contribution in [3.63, 3.8) is 0 Å². The second-order valence-corrected chi connectivity index (χ2v) is 8.07. The lowest BCUT2D eigenvalue weighted by Gasteiger charge is -2.21. The lowest BCUT2D eigenvalue weighted by molar-refractivity contribution is 0.171. The fourth-order valence-corrected chi connectivity index (χ4v) is 4.42. The number of nitrogens with one attached hydrogen (secondary N) is 2. The molecule has 1 aromatic carbocycles. The van der Waals surface area contributed by atoms with Gasteiger partial charge in [0.1, 0.15) is 13.2 Å². The highest BCUT2D eigenvalue weighted by Crippen LogP contribution is 2.32. The van der Waals surface area contributed by atoms with Gasteiger partial charge in [-0.15, -0.1) is 0 Å². The van der Waals surface area contributed by atoms with E-state index in [0.717, 1.165) is 5.56 Å². The Morgan fingerprint density at radius 1 is 1.26 bits per heavy atom. The maximum Gasteiger partial charge on any atom is 0.315 e. The Bertz CT molecular complexity index is 704. The van der Waals surface area contributed by atoms with Crippen LogP contribution in [0.1, 0.15) is 24.9 Å². The minimum atomic E-state index is -3.00. The molecule has 0 spiro atoms. The van der Waals surface area contributed by atoms with E-state index in [1.54, 1.807) is 0 Å². The molecule has 0 aromatic heterocycles. The van der Waals surface area contributed by atoms with Gasteiger partial charge >= 0.3 is 6.03 Å². The van der Waals surface area contributed by atoms with Gasteiger partial charge < -0.3 is 20.1 Å². The zero-order valence-corrected chi connectivity index (χ0v) is 13.7. The van der Waals surface area contributed by atoms with Crippen LogP contribution in [0, 0.1) is 0 Å². The normalized spacial score (nSPS) is 23.1. The van der Waals surface area contributed by atoms with E-state index < -0.39 is 9.84 Å². The summed E-state index contributed by atoms with van der Waals surface area (Å²) in [5.74, 6) is 1.52. The number of fused-ring (bicyclic) bond motifs is 1. The van der Waals surface area contributed by atoms with Crippen LogP contribution in [-0.4, -0.2) is 45.2 Å².